The maximum absolute atomic E-state index is 12.9. The first-order chi connectivity index (χ1) is 8.43. The first-order valence-corrected chi connectivity index (χ1v) is 5.88. The molecule has 0 spiro atoms. The average Bonchev–Trinajstić information content (AvgIpc) is 2.33. The lowest BCUT2D eigenvalue weighted by Gasteiger charge is -2.11. The van der Waals surface area contributed by atoms with Crippen molar-refractivity contribution in [3.8, 4) is 0 Å². The number of nitrogens with one attached hydrogen (secondary N) is 2. The molecule has 1 atom stereocenters. The molecule has 1 aromatic carbocycles. The Bertz CT molecular complexity index is 465. The van der Waals surface area contributed by atoms with Crippen molar-refractivity contribution in [2.45, 2.75) is 26.3 Å². The summed E-state index contributed by atoms with van der Waals surface area (Å²) in [6.45, 7) is 3.68. The zero-order valence-electron chi connectivity index (χ0n) is 10.1. The topological polar surface area (TPSA) is 58.2 Å². The van der Waals surface area contributed by atoms with Crippen molar-refractivity contribution < 1.29 is 14.0 Å². The van der Waals surface area contributed by atoms with Crippen LogP contribution >= 0.6 is 11.6 Å². The Labute approximate surface area is 110 Å². The van der Waals surface area contributed by atoms with E-state index in [0.717, 1.165) is 12.5 Å². The molecule has 0 aromatic heterocycles. The molecule has 18 heavy (non-hydrogen) atoms. The molecule has 0 fully saturated rings. The highest BCUT2D eigenvalue weighted by molar-refractivity contribution is 6.40. The smallest absolute Gasteiger partial charge is 0.313 e. The van der Waals surface area contributed by atoms with Crippen LogP contribution in [0.1, 0.15) is 20.3 Å². The Morgan fingerprint density at radius 2 is 2.06 bits per heavy atom. The highest BCUT2D eigenvalue weighted by atomic mass is 35.5. The first-order valence-electron chi connectivity index (χ1n) is 5.51. The minimum Gasteiger partial charge on any atom is -0.345 e. The number of hydrogen-bond acceptors (Lipinski definition) is 2. The molecule has 0 heterocycles. The SMILES string of the molecule is CCC(C)NC(=O)C(=O)Nc1ccc(F)c(Cl)c1. The van der Waals surface area contributed by atoms with E-state index in [2.05, 4.69) is 10.6 Å². The Balaban J connectivity index is 2.64. The van der Waals surface area contributed by atoms with Crippen molar-refractivity contribution in [1.82, 2.24) is 5.32 Å². The van der Waals surface area contributed by atoms with Crippen molar-refractivity contribution in [1.29, 1.82) is 0 Å². The Morgan fingerprint density at radius 1 is 1.39 bits per heavy atom. The van der Waals surface area contributed by atoms with Gasteiger partial charge >= 0.3 is 11.8 Å². The molecule has 0 aliphatic heterocycles. The van der Waals surface area contributed by atoms with Gasteiger partial charge in [-0.25, -0.2) is 4.39 Å². The highest BCUT2D eigenvalue weighted by Crippen LogP contribution is 2.19. The maximum atomic E-state index is 12.9. The van der Waals surface area contributed by atoms with Crippen LogP contribution in [-0.2, 0) is 9.59 Å². The summed E-state index contributed by atoms with van der Waals surface area (Å²) in [5.41, 5.74) is 0.269. The average molecular weight is 273 g/mol. The van der Waals surface area contributed by atoms with E-state index >= 15 is 0 Å². The molecule has 0 radical (unpaired) electrons. The summed E-state index contributed by atoms with van der Waals surface area (Å²) in [5, 5.41) is 4.74. The first kappa shape index (κ1) is 14.4. The van der Waals surface area contributed by atoms with E-state index in [-0.39, 0.29) is 16.8 Å². The summed E-state index contributed by atoms with van der Waals surface area (Å²) in [6, 6.07) is 3.60. The predicted molar refractivity (Wildman–Crippen MR) is 67.9 cm³/mol. The summed E-state index contributed by atoms with van der Waals surface area (Å²) in [6.07, 6.45) is 0.724. The number of hydrogen-bond donors (Lipinski definition) is 2. The van der Waals surface area contributed by atoms with Gasteiger partial charge in [0.15, 0.2) is 0 Å². The maximum Gasteiger partial charge on any atom is 0.313 e. The molecule has 0 aliphatic carbocycles. The van der Waals surface area contributed by atoms with Gasteiger partial charge in [-0.2, -0.15) is 0 Å². The molecule has 6 heteroatoms. The number of amides is 2. The molecule has 2 N–H and O–H groups in total. The van der Waals surface area contributed by atoms with E-state index in [1.165, 1.54) is 12.1 Å². The van der Waals surface area contributed by atoms with Crippen molar-refractivity contribution in [2.75, 3.05) is 5.32 Å². The Hall–Kier alpha value is -1.62. The van der Waals surface area contributed by atoms with Crippen LogP contribution in [0.25, 0.3) is 0 Å². The van der Waals surface area contributed by atoms with Gasteiger partial charge in [-0.05, 0) is 31.5 Å². The van der Waals surface area contributed by atoms with Crippen molar-refractivity contribution in [3.05, 3.63) is 29.0 Å². The second-order valence-electron chi connectivity index (χ2n) is 3.87. The van der Waals surface area contributed by atoms with Gasteiger partial charge in [0.1, 0.15) is 5.82 Å². The van der Waals surface area contributed by atoms with Gasteiger partial charge in [0.25, 0.3) is 0 Å². The minimum atomic E-state index is -0.807. The second-order valence-corrected chi connectivity index (χ2v) is 4.27. The van der Waals surface area contributed by atoms with Crippen molar-refractivity contribution in [2.24, 2.45) is 0 Å². The third kappa shape index (κ3) is 4.00. The standard InChI is InChI=1S/C12H14ClFN2O2/c1-3-7(2)15-11(17)12(18)16-8-4-5-10(14)9(13)6-8/h4-7H,3H2,1-2H3,(H,15,17)(H,16,18). The number of carbonyl (C=O) groups excluding carboxylic acids is 2. The van der Waals surface area contributed by atoms with E-state index in [1.54, 1.807) is 6.92 Å². The monoisotopic (exact) mass is 272 g/mol. The van der Waals surface area contributed by atoms with E-state index < -0.39 is 17.6 Å². The Kier molecular flexibility index (Phi) is 5.09. The zero-order chi connectivity index (χ0) is 13.7. The fraction of sp³-hybridized carbons (Fsp3) is 0.333. The minimum absolute atomic E-state index is 0.0833. The summed E-state index contributed by atoms with van der Waals surface area (Å²) < 4.78 is 12.9. The summed E-state index contributed by atoms with van der Waals surface area (Å²) in [7, 11) is 0. The fourth-order valence-corrected chi connectivity index (χ4v) is 1.33. The van der Waals surface area contributed by atoms with Gasteiger partial charge in [-0.3, -0.25) is 9.59 Å². The second kappa shape index (κ2) is 6.35. The zero-order valence-corrected chi connectivity index (χ0v) is 10.8. The molecule has 2 amide bonds. The van der Waals surface area contributed by atoms with Crippen LogP contribution < -0.4 is 10.6 Å². The lowest BCUT2D eigenvalue weighted by Crippen LogP contribution is -2.40. The molecule has 1 rings (SSSR count). The quantitative estimate of drug-likeness (QED) is 0.830. The third-order valence-electron chi connectivity index (χ3n) is 2.37. The molecule has 1 aromatic rings. The normalized spacial score (nSPS) is 11.8. The number of halogens is 2. The van der Waals surface area contributed by atoms with Gasteiger partial charge in [0.05, 0.1) is 5.02 Å². The molecular formula is C12H14ClFN2O2. The lowest BCUT2D eigenvalue weighted by molar-refractivity contribution is -0.136. The summed E-state index contributed by atoms with van der Waals surface area (Å²) >= 11 is 5.56. The number of anilines is 1. The van der Waals surface area contributed by atoms with Crippen LogP contribution in [0, 0.1) is 5.82 Å². The van der Waals surface area contributed by atoms with E-state index in [1.807, 2.05) is 6.92 Å². The number of rotatable bonds is 3. The molecule has 0 saturated carbocycles. The molecule has 4 nitrogen and oxygen atoms in total. The molecule has 0 saturated heterocycles. The van der Waals surface area contributed by atoms with Crippen LogP contribution in [-0.4, -0.2) is 17.9 Å². The van der Waals surface area contributed by atoms with Gasteiger partial charge in [-0.1, -0.05) is 18.5 Å². The number of carbonyl (C=O) groups is 2. The van der Waals surface area contributed by atoms with Crippen LogP contribution in [0.15, 0.2) is 18.2 Å². The van der Waals surface area contributed by atoms with Crippen LogP contribution in [0.4, 0.5) is 10.1 Å². The molecule has 98 valence electrons. The number of benzene rings is 1. The molecule has 0 bridgehead atoms. The van der Waals surface area contributed by atoms with E-state index in [0.29, 0.717) is 0 Å². The van der Waals surface area contributed by atoms with Crippen molar-refractivity contribution in [3.63, 3.8) is 0 Å². The van der Waals surface area contributed by atoms with E-state index in [4.69, 9.17) is 11.6 Å². The lowest BCUT2D eigenvalue weighted by atomic mass is 10.2. The third-order valence-corrected chi connectivity index (χ3v) is 2.66. The summed E-state index contributed by atoms with van der Waals surface area (Å²) in [4.78, 5) is 22.9. The van der Waals surface area contributed by atoms with Crippen molar-refractivity contribution >= 4 is 29.1 Å². The highest BCUT2D eigenvalue weighted by Gasteiger charge is 2.15. The predicted octanol–water partition coefficient (Wildman–Crippen LogP) is 2.33. The van der Waals surface area contributed by atoms with E-state index in [9.17, 15) is 14.0 Å². The largest absolute Gasteiger partial charge is 0.345 e. The van der Waals surface area contributed by atoms with Gasteiger partial charge in [-0.15, -0.1) is 0 Å². The van der Waals surface area contributed by atoms with Crippen LogP contribution in [0.5, 0.6) is 0 Å². The van der Waals surface area contributed by atoms with Gasteiger partial charge in [0, 0.05) is 11.7 Å². The molecule has 0 aliphatic rings. The molecule has 1 unspecified atom stereocenters. The summed E-state index contributed by atoms with van der Waals surface area (Å²) in [5.74, 6) is -2.12. The van der Waals surface area contributed by atoms with Crippen LogP contribution in [0.3, 0.4) is 0 Å². The van der Waals surface area contributed by atoms with Crippen LogP contribution in [0.2, 0.25) is 5.02 Å². The molecular weight excluding hydrogens is 259 g/mol. The van der Waals surface area contributed by atoms with Gasteiger partial charge < -0.3 is 10.6 Å². The van der Waals surface area contributed by atoms with Gasteiger partial charge in [0.2, 0.25) is 0 Å². The fourth-order valence-electron chi connectivity index (χ4n) is 1.15. The Morgan fingerprint density at radius 3 is 2.61 bits per heavy atom.